The van der Waals surface area contributed by atoms with Crippen LogP contribution in [0.4, 0.5) is 4.79 Å². The average Bonchev–Trinajstić information content (AvgIpc) is 2.88. The van der Waals surface area contributed by atoms with Crippen LogP contribution in [0.2, 0.25) is 18.1 Å². The van der Waals surface area contributed by atoms with Gasteiger partial charge in [-0.05, 0) is 24.6 Å². The maximum absolute atomic E-state index is 12.2. The van der Waals surface area contributed by atoms with Crippen LogP contribution < -0.4 is 0 Å². The van der Waals surface area contributed by atoms with Crippen LogP contribution in [0.15, 0.2) is 0 Å². The molecule has 0 spiro atoms. The summed E-state index contributed by atoms with van der Waals surface area (Å²) in [4.78, 5) is 14.0. The molecule has 1 amide bonds. The molecule has 1 saturated heterocycles. The Morgan fingerprint density at radius 2 is 1.75 bits per heavy atom. The van der Waals surface area contributed by atoms with Gasteiger partial charge in [-0.2, -0.15) is 0 Å². The summed E-state index contributed by atoms with van der Waals surface area (Å²) < 4.78 is 17.1. The van der Waals surface area contributed by atoms with Crippen molar-refractivity contribution in [2.45, 2.75) is 58.7 Å². The Labute approximate surface area is 149 Å². The summed E-state index contributed by atoms with van der Waals surface area (Å²) in [6, 6.07) is 0. The van der Waals surface area contributed by atoms with Crippen molar-refractivity contribution in [2.24, 2.45) is 11.8 Å². The van der Waals surface area contributed by atoms with Crippen LogP contribution in [0.1, 0.15) is 40.5 Å². The second-order valence-corrected chi connectivity index (χ2v) is 13.2. The van der Waals surface area contributed by atoms with Crippen LogP contribution in [0, 0.1) is 11.8 Å². The molecule has 2 unspecified atom stereocenters. The number of amides is 1. The van der Waals surface area contributed by atoms with E-state index in [2.05, 4.69) is 40.8 Å². The molecule has 6 heteroatoms. The highest BCUT2D eigenvalue weighted by molar-refractivity contribution is 6.74. The monoisotopic (exact) mass is 359 g/mol. The van der Waals surface area contributed by atoms with Crippen LogP contribution in [0.25, 0.3) is 0 Å². The fraction of sp³-hybridized carbons (Fsp3) is 0.944. The highest BCUT2D eigenvalue weighted by atomic mass is 28.4. The molecule has 0 bridgehead atoms. The van der Waals surface area contributed by atoms with Gasteiger partial charge in [0.05, 0.1) is 13.2 Å². The lowest BCUT2D eigenvalue weighted by Gasteiger charge is -2.37. The maximum Gasteiger partial charge on any atom is 0.409 e. The SMILES string of the molecule is CCCCOC(=O)N1CC(COC)C(CO[Si](C)(C)C(C)(C)C)C1. The van der Waals surface area contributed by atoms with Crippen LogP contribution in [-0.2, 0) is 13.9 Å². The highest BCUT2D eigenvalue weighted by Gasteiger charge is 2.41. The van der Waals surface area contributed by atoms with Gasteiger partial charge in [-0.15, -0.1) is 0 Å². The van der Waals surface area contributed by atoms with E-state index in [9.17, 15) is 4.79 Å². The maximum atomic E-state index is 12.2. The number of hydrogen-bond donors (Lipinski definition) is 0. The lowest BCUT2D eigenvalue weighted by Crippen LogP contribution is -2.42. The molecule has 1 heterocycles. The lowest BCUT2D eigenvalue weighted by atomic mass is 9.98. The van der Waals surface area contributed by atoms with Gasteiger partial charge in [0.2, 0.25) is 0 Å². The molecule has 0 aliphatic carbocycles. The van der Waals surface area contributed by atoms with Crippen LogP contribution in [0.3, 0.4) is 0 Å². The number of methoxy groups -OCH3 is 1. The Bertz CT molecular complexity index is 395. The number of rotatable bonds is 8. The predicted molar refractivity (Wildman–Crippen MR) is 99.8 cm³/mol. The third kappa shape index (κ3) is 6.04. The van der Waals surface area contributed by atoms with Gasteiger partial charge in [0, 0.05) is 38.6 Å². The number of unbranched alkanes of at least 4 members (excludes halogenated alkanes) is 1. The van der Waals surface area contributed by atoms with E-state index in [1.165, 1.54) is 0 Å². The van der Waals surface area contributed by atoms with E-state index >= 15 is 0 Å². The molecule has 1 fully saturated rings. The quantitative estimate of drug-likeness (QED) is 0.483. The largest absolute Gasteiger partial charge is 0.449 e. The summed E-state index contributed by atoms with van der Waals surface area (Å²) in [7, 11) is -0.0594. The van der Waals surface area contributed by atoms with Crippen molar-refractivity contribution in [3.05, 3.63) is 0 Å². The lowest BCUT2D eigenvalue weighted by molar-refractivity contribution is 0.104. The summed E-state index contributed by atoms with van der Waals surface area (Å²) in [5, 5.41) is 0.196. The van der Waals surface area contributed by atoms with Crippen molar-refractivity contribution in [1.82, 2.24) is 4.90 Å². The van der Waals surface area contributed by atoms with Crippen molar-refractivity contribution in [3.63, 3.8) is 0 Å². The Morgan fingerprint density at radius 1 is 1.17 bits per heavy atom. The third-order valence-corrected chi connectivity index (χ3v) is 9.90. The smallest absolute Gasteiger partial charge is 0.409 e. The Hall–Kier alpha value is -0.593. The molecular weight excluding hydrogens is 322 g/mol. The first-order valence-corrected chi connectivity index (χ1v) is 12.1. The molecule has 0 saturated carbocycles. The Morgan fingerprint density at radius 3 is 2.25 bits per heavy atom. The topological polar surface area (TPSA) is 48.0 Å². The fourth-order valence-corrected chi connectivity index (χ4v) is 3.67. The summed E-state index contributed by atoms with van der Waals surface area (Å²) in [5.74, 6) is 0.635. The van der Waals surface area contributed by atoms with Gasteiger partial charge >= 0.3 is 6.09 Å². The standard InChI is InChI=1S/C18H37NO4Si/c1-8-9-10-22-17(20)19-11-15(13-21-5)16(12-19)14-23-24(6,7)18(2,3)4/h15-16H,8-14H2,1-7H3. The molecule has 5 nitrogen and oxygen atoms in total. The molecular formula is C18H37NO4Si. The van der Waals surface area contributed by atoms with E-state index in [4.69, 9.17) is 13.9 Å². The van der Waals surface area contributed by atoms with Crippen molar-refractivity contribution in [2.75, 3.05) is 40.0 Å². The number of hydrogen-bond acceptors (Lipinski definition) is 4. The minimum absolute atomic E-state index is 0.195. The predicted octanol–water partition coefficient (Wildman–Crippen LogP) is 4.14. The number of carbonyl (C=O) groups is 1. The summed E-state index contributed by atoms with van der Waals surface area (Å²) >= 11 is 0. The molecule has 0 aromatic heterocycles. The number of ether oxygens (including phenoxy) is 2. The van der Waals surface area contributed by atoms with Gasteiger partial charge in [-0.3, -0.25) is 0 Å². The van der Waals surface area contributed by atoms with E-state index in [0.717, 1.165) is 12.8 Å². The first-order chi connectivity index (χ1) is 11.1. The van der Waals surface area contributed by atoms with E-state index in [0.29, 0.717) is 44.7 Å². The van der Waals surface area contributed by atoms with E-state index in [-0.39, 0.29) is 11.1 Å². The molecule has 0 radical (unpaired) electrons. The fourth-order valence-electron chi connectivity index (χ4n) is 2.61. The second kappa shape index (κ2) is 9.20. The third-order valence-electron chi connectivity index (χ3n) is 5.40. The minimum Gasteiger partial charge on any atom is -0.449 e. The molecule has 2 atom stereocenters. The van der Waals surface area contributed by atoms with Gasteiger partial charge in [-0.25, -0.2) is 4.79 Å². The molecule has 0 aromatic carbocycles. The molecule has 24 heavy (non-hydrogen) atoms. The van der Waals surface area contributed by atoms with Gasteiger partial charge in [0.25, 0.3) is 0 Å². The summed E-state index contributed by atoms with van der Waals surface area (Å²) in [6.45, 7) is 16.6. The number of nitrogens with zero attached hydrogens (tertiary/aromatic N) is 1. The summed E-state index contributed by atoms with van der Waals surface area (Å²) in [6.07, 6.45) is 1.75. The Balaban J connectivity index is 2.60. The average molecular weight is 360 g/mol. The van der Waals surface area contributed by atoms with Crippen LogP contribution in [0.5, 0.6) is 0 Å². The zero-order valence-electron chi connectivity index (χ0n) is 16.7. The summed E-state index contributed by atoms with van der Waals surface area (Å²) in [5.41, 5.74) is 0. The molecule has 1 rings (SSSR count). The first-order valence-electron chi connectivity index (χ1n) is 9.17. The van der Waals surface area contributed by atoms with Crippen molar-refractivity contribution in [3.8, 4) is 0 Å². The van der Waals surface area contributed by atoms with E-state index in [1.54, 1.807) is 7.11 Å². The van der Waals surface area contributed by atoms with Crippen LogP contribution in [-0.4, -0.2) is 59.3 Å². The van der Waals surface area contributed by atoms with Gasteiger partial charge in [0.1, 0.15) is 0 Å². The molecule has 0 aromatic rings. The zero-order chi connectivity index (χ0) is 18.4. The second-order valence-electron chi connectivity index (χ2n) is 8.42. The van der Waals surface area contributed by atoms with E-state index < -0.39 is 8.32 Å². The molecule has 1 aliphatic heterocycles. The van der Waals surface area contributed by atoms with Crippen LogP contribution >= 0.6 is 0 Å². The van der Waals surface area contributed by atoms with Gasteiger partial charge in [-0.1, -0.05) is 34.1 Å². The highest BCUT2D eigenvalue weighted by Crippen LogP contribution is 2.37. The van der Waals surface area contributed by atoms with Crippen molar-refractivity contribution >= 4 is 14.4 Å². The number of likely N-dealkylation sites (tertiary alicyclic amines) is 1. The Kier molecular flexibility index (Phi) is 8.22. The van der Waals surface area contributed by atoms with Gasteiger partial charge in [0.15, 0.2) is 8.32 Å². The first kappa shape index (κ1) is 21.4. The number of carbonyl (C=O) groups excluding carboxylic acids is 1. The van der Waals surface area contributed by atoms with Gasteiger partial charge < -0.3 is 18.8 Å². The van der Waals surface area contributed by atoms with Crippen molar-refractivity contribution in [1.29, 1.82) is 0 Å². The van der Waals surface area contributed by atoms with Crippen molar-refractivity contribution < 1.29 is 18.7 Å². The molecule has 1 aliphatic rings. The normalized spacial score (nSPS) is 22.0. The zero-order valence-corrected chi connectivity index (χ0v) is 17.7. The molecule has 0 N–H and O–H groups in total. The minimum atomic E-state index is -1.78. The molecule has 142 valence electrons. The van der Waals surface area contributed by atoms with E-state index in [1.807, 2.05) is 4.90 Å².